The van der Waals surface area contributed by atoms with Gasteiger partial charge in [-0.3, -0.25) is 9.69 Å². The number of carbonyl (C=O) groups excluding carboxylic acids is 1. The number of piperazine rings is 1. The Bertz CT molecular complexity index is 1190. The average molecular weight is 439 g/mol. The van der Waals surface area contributed by atoms with E-state index in [0.29, 0.717) is 42.6 Å². The molecule has 0 radical (unpaired) electrons. The van der Waals surface area contributed by atoms with Crippen molar-refractivity contribution >= 4 is 28.3 Å². The molecule has 160 valence electrons. The number of carbonyl (C=O) groups is 1. The maximum Gasteiger partial charge on any atom is 0.257 e. The summed E-state index contributed by atoms with van der Waals surface area (Å²) in [6.07, 6.45) is 1.57. The summed E-state index contributed by atoms with van der Waals surface area (Å²) in [7, 11) is 0. The van der Waals surface area contributed by atoms with E-state index in [9.17, 15) is 4.79 Å². The van der Waals surface area contributed by atoms with Crippen LogP contribution in [0.5, 0.6) is 0 Å². The standard InChI is InChI=1S/C21H22N6O3S/c1-13(2)18-15-10-14(11-22-20(15)30-24-18)21(28)27-7-5-26(6-8-27)12-17-23-19(25-29-17)16-4-3-9-31-16/h3-4,9-11,13H,5-8,12H2,1-2H3. The minimum atomic E-state index is -0.0253. The minimum absolute atomic E-state index is 0.0253. The van der Waals surface area contributed by atoms with E-state index in [-0.39, 0.29) is 11.8 Å². The number of pyridine rings is 1. The predicted molar refractivity (Wildman–Crippen MR) is 115 cm³/mol. The summed E-state index contributed by atoms with van der Waals surface area (Å²) in [6.45, 7) is 7.39. The fourth-order valence-corrected chi connectivity index (χ4v) is 4.34. The van der Waals surface area contributed by atoms with Crippen LogP contribution in [0.4, 0.5) is 0 Å². The highest BCUT2D eigenvalue weighted by atomic mass is 32.1. The molecule has 1 saturated heterocycles. The van der Waals surface area contributed by atoms with Crippen molar-refractivity contribution in [2.24, 2.45) is 0 Å². The summed E-state index contributed by atoms with van der Waals surface area (Å²) in [6, 6.07) is 5.78. The molecule has 1 aliphatic rings. The Balaban J connectivity index is 1.22. The smallest absolute Gasteiger partial charge is 0.257 e. The molecule has 0 unspecified atom stereocenters. The molecule has 31 heavy (non-hydrogen) atoms. The Morgan fingerprint density at radius 1 is 1.19 bits per heavy atom. The lowest BCUT2D eigenvalue weighted by Gasteiger charge is -2.33. The summed E-state index contributed by atoms with van der Waals surface area (Å²) >= 11 is 1.58. The molecule has 1 fully saturated rings. The van der Waals surface area contributed by atoms with E-state index >= 15 is 0 Å². The molecule has 0 aromatic carbocycles. The summed E-state index contributed by atoms with van der Waals surface area (Å²) < 4.78 is 10.7. The second-order valence-corrected chi connectivity index (χ2v) is 8.80. The predicted octanol–water partition coefficient (Wildman–Crippen LogP) is 3.42. The van der Waals surface area contributed by atoms with Gasteiger partial charge in [-0.25, -0.2) is 4.98 Å². The molecule has 4 aromatic heterocycles. The van der Waals surface area contributed by atoms with Crippen LogP contribution in [0, 0.1) is 0 Å². The van der Waals surface area contributed by atoms with Gasteiger partial charge in [-0.15, -0.1) is 11.3 Å². The zero-order valence-electron chi connectivity index (χ0n) is 17.3. The molecule has 5 rings (SSSR count). The molecular formula is C21H22N6O3S. The number of nitrogens with zero attached hydrogens (tertiary/aromatic N) is 6. The summed E-state index contributed by atoms with van der Waals surface area (Å²) in [4.78, 5) is 26.8. The van der Waals surface area contributed by atoms with Crippen molar-refractivity contribution in [2.75, 3.05) is 26.2 Å². The van der Waals surface area contributed by atoms with Crippen molar-refractivity contribution in [3.63, 3.8) is 0 Å². The molecule has 5 heterocycles. The van der Waals surface area contributed by atoms with Crippen LogP contribution >= 0.6 is 11.3 Å². The van der Waals surface area contributed by atoms with E-state index in [1.807, 2.05) is 42.3 Å². The van der Waals surface area contributed by atoms with Gasteiger partial charge in [0.2, 0.25) is 11.7 Å². The fourth-order valence-electron chi connectivity index (χ4n) is 3.69. The Kier molecular flexibility index (Phi) is 5.24. The number of hydrogen-bond donors (Lipinski definition) is 0. The lowest BCUT2D eigenvalue weighted by molar-refractivity contribution is 0.0615. The zero-order chi connectivity index (χ0) is 21.4. The summed E-state index contributed by atoms with van der Waals surface area (Å²) in [5.74, 6) is 1.38. The van der Waals surface area contributed by atoms with E-state index in [1.54, 1.807) is 17.5 Å². The number of hydrogen-bond acceptors (Lipinski definition) is 9. The molecule has 0 bridgehead atoms. The molecular weight excluding hydrogens is 416 g/mol. The molecule has 0 spiro atoms. The van der Waals surface area contributed by atoms with Gasteiger partial charge in [-0.05, 0) is 23.4 Å². The number of amides is 1. The van der Waals surface area contributed by atoms with Gasteiger partial charge in [0, 0.05) is 32.4 Å². The van der Waals surface area contributed by atoms with Crippen LogP contribution in [0.15, 0.2) is 38.8 Å². The molecule has 10 heteroatoms. The molecule has 0 saturated carbocycles. The Morgan fingerprint density at radius 3 is 2.77 bits per heavy atom. The molecule has 1 aliphatic heterocycles. The Morgan fingerprint density at radius 2 is 2.03 bits per heavy atom. The highest BCUT2D eigenvalue weighted by Gasteiger charge is 2.25. The first-order valence-electron chi connectivity index (χ1n) is 10.2. The first kappa shape index (κ1) is 19.8. The number of fused-ring (bicyclic) bond motifs is 1. The topological polar surface area (TPSA) is 101 Å². The third-order valence-corrected chi connectivity index (χ3v) is 6.25. The summed E-state index contributed by atoms with van der Waals surface area (Å²) in [5, 5.41) is 10.9. The van der Waals surface area contributed by atoms with Crippen LogP contribution in [0.1, 0.15) is 41.7 Å². The molecule has 9 nitrogen and oxygen atoms in total. The first-order valence-corrected chi connectivity index (χ1v) is 11.1. The van der Waals surface area contributed by atoms with E-state index < -0.39 is 0 Å². The third-order valence-electron chi connectivity index (χ3n) is 5.38. The molecule has 4 aromatic rings. The molecule has 0 aliphatic carbocycles. The maximum atomic E-state index is 13.0. The quantitative estimate of drug-likeness (QED) is 0.467. The summed E-state index contributed by atoms with van der Waals surface area (Å²) in [5.41, 5.74) is 1.85. The molecule has 0 N–H and O–H groups in total. The van der Waals surface area contributed by atoms with Crippen LogP contribution in [0.3, 0.4) is 0 Å². The van der Waals surface area contributed by atoms with Crippen LogP contribution in [0.25, 0.3) is 21.8 Å². The van der Waals surface area contributed by atoms with Crippen molar-refractivity contribution in [3.05, 3.63) is 46.9 Å². The van der Waals surface area contributed by atoms with Gasteiger partial charge < -0.3 is 13.9 Å². The maximum absolute atomic E-state index is 13.0. The highest BCUT2D eigenvalue weighted by Crippen LogP contribution is 2.25. The van der Waals surface area contributed by atoms with Gasteiger partial charge in [-0.2, -0.15) is 4.98 Å². The molecule has 1 amide bonds. The lowest BCUT2D eigenvalue weighted by atomic mass is 10.1. The van der Waals surface area contributed by atoms with Crippen LogP contribution in [-0.2, 0) is 6.54 Å². The van der Waals surface area contributed by atoms with Gasteiger partial charge >= 0.3 is 0 Å². The van der Waals surface area contributed by atoms with Gasteiger partial charge in [-0.1, -0.05) is 30.2 Å². The number of aromatic nitrogens is 4. The lowest BCUT2D eigenvalue weighted by Crippen LogP contribution is -2.48. The molecule has 0 atom stereocenters. The van der Waals surface area contributed by atoms with E-state index in [2.05, 4.69) is 25.2 Å². The largest absolute Gasteiger partial charge is 0.338 e. The SMILES string of the molecule is CC(C)c1noc2ncc(C(=O)N3CCN(Cc4nc(-c5cccs5)no4)CC3)cc12. The average Bonchev–Trinajstić information content (AvgIpc) is 3.53. The minimum Gasteiger partial charge on any atom is -0.338 e. The normalized spacial score (nSPS) is 15.3. The Hall–Kier alpha value is -3.11. The Labute approximate surface area is 182 Å². The van der Waals surface area contributed by atoms with Crippen molar-refractivity contribution in [1.29, 1.82) is 0 Å². The number of rotatable bonds is 5. The zero-order valence-corrected chi connectivity index (χ0v) is 18.1. The van der Waals surface area contributed by atoms with Crippen molar-refractivity contribution in [2.45, 2.75) is 26.3 Å². The van der Waals surface area contributed by atoms with Gasteiger partial charge in [0.05, 0.1) is 28.1 Å². The van der Waals surface area contributed by atoms with Crippen LogP contribution < -0.4 is 0 Å². The van der Waals surface area contributed by atoms with Crippen LogP contribution in [-0.4, -0.2) is 62.2 Å². The van der Waals surface area contributed by atoms with E-state index in [4.69, 9.17) is 9.05 Å². The fraction of sp³-hybridized carbons (Fsp3) is 0.381. The van der Waals surface area contributed by atoms with Gasteiger partial charge in [0.25, 0.3) is 11.6 Å². The van der Waals surface area contributed by atoms with Crippen molar-refractivity contribution in [1.82, 2.24) is 30.1 Å². The monoisotopic (exact) mass is 438 g/mol. The first-order chi connectivity index (χ1) is 15.1. The second-order valence-electron chi connectivity index (χ2n) is 7.86. The van der Waals surface area contributed by atoms with Gasteiger partial charge in [0.15, 0.2) is 0 Å². The van der Waals surface area contributed by atoms with E-state index in [1.165, 1.54) is 0 Å². The third kappa shape index (κ3) is 3.96. The van der Waals surface area contributed by atoms with Gasteiger partial charge in [0.1, 0.15) is 0 Å². The second kappa shape index (κ2) is 8.20. The van der Waals surface area contributed by atoms with Crippen molar-refractivity contribution < 1.29 is 13.8 Å². The van der Waals surface area contributed by atoms with Crippen LogP contribution in [0.2, 0.25) is 0 Å². The highest BCUT2D eigenvalue weighted by molar-refractivity contribution is 7.13. The van der Waals surface area contributed by atoms with E-state index in [0.717, 1.165) is 29.0 Å². The van der Waals surface area contributed by atoms with Crippen molar-refractivity contribution in [3.8, 4) is 10.7 Å². The number of thiophene rings is 1.